The lowest BCUT2D eigenvalue weighted by atomic mass is 9.99. The van der Waals surface area contributed by atoms with Crippen molar-refractivity contribution in [2.75, 3.05) is 13.1 Å². The SMILES string of the molecule is CCC(=O)N1CCC(NC(=O)C(N)C(C)CC)C1.Cl. The zero-order valence-corrected chi connectivity index (χ0v) is 12.8. The Morgan fingerprint density at radius 1 is 1.42 bits per heavy atom. The molecular weight excluding hydrogens is 266 g/mol. The van der Waals surface area contributed by atoms with Crippen molar-refractivity contribution in [2.45, 2.75) is 52.1 Å². The van der Waals surface area contributed by atoms with Gasteiger partial charge in [-0.1, -0.05) is 27.2 Å². The average molecular weight is 292 g/mol. The summed E-state index contributed by atoms with van der Waals surface area (Å²) in [4.78, 5) is 25.2. The van der Waals surface area contributed by atoms with Gasteiger partial charge in [-0.3, -0.25) is 9.59 Å². The number of carbonyl (C=O) groups is 2. The van der Waals surface area contributed by atoms with Gasteiger partial charge in [-0.2, -0.15) is 0 Å². The van der Waals surface area contributed by atoms with E-state index >= 15 is 0 Å². The highest BCUT2D eigenvalue weighted by Crippen LogP contribution is 2.12. The topological polar surface area (TPSA) is 75.4 Å². The Morgan fingerprint density at radius 2 is 2.05 bits per heavy atom. The summed E-state index contributed by atoms with van der Waals surface area (Å²) < 4.78 is 0. The lowest BCUT2D eigenvalue weighted by Gasteiger charge is -2.21. The van der Waals surface area contributed by atoms with Gasteiger partial charge in [0.05, 0.1) is 6.04 Å². The number of rotatable bonds is 5. The fourth-order valence-electron chi connectivity index (χ4n) is 2.14. The van der Waals surface area contributed by atoms with Gasteiger partial charge in [0.1, 0.15) is 0 Å². The van der Waals surface area contributed by atoms with E-state index in [4.69, 9.17) is 5.73 Å². The number of nitrogens with two attached hydrogens (primary N) is 1. The summed E-state index contributed by atoms with van der Waals surface area (Å²) >= 11 is 0. The van der Waals surface area contributed by atoms with E-state index in [1.807, 2.05) is 20.8 Å². The highest BCUT2D eigenvalue weighted by Gasteiger charge is 2.28. The fourth-order valence-corrected chi connectivity index (χ4v) is 2.14. The van der Waals surface area contributed by atoms with E-state index in [1.54, 1.807) is 4.90 Å². The Bertz CT molecular complexity index is 312. The van der Waals surface area contributed by atoms with Crippen LogP contribution in [-0.2, 0) is 9.59 Å². The van der Waals surface area contributed by atoms with Gasteiger partial charge in [-0.15, -0.1) is 12.4 Å². The first-order chi connectivity index (χ1) is 8.49. The maximum atomic E-state index is 11.9. The van der Waals surface area contributed by atoms with Crippen molar-refractivity contribution in [3.63, 3.8) is 0 Å². The maximum absolute atomic E-state index is 11.9. The van der Waals surface area contributed by atoms with E-state index in [0.717, 1.165) is 19.4 Å². The van der Waals surface area contributed by atoms with Crippen molar-refractivity contribution < 1.29 is 9.59 Å². The molecule has 1 aliphatic heterocycles. The maximum Gasteiger partial charge on any atom is 0.237 e. The van der Waals surface area contributed by atoms with Crippen LogP contribution in [0, 0.1) is 5.92 Å². The minimum Gasteiger partial charge on any atom is -0.350 e. The Hall–Kier alpha value is -0.810. The van der Waals surface area contributed by atoms with E-state index in [-0.39, 0.29) is 36.2 Å². The summed E-state index contributed by atoms with van der Waals surface area (Å²) in [7, 11) is 0. The van der Waals surface area contributed by atoms with Crippen LogP contribution in [0.3, 0.4) is 0 Å². The molecule has 0 aromatic carbocycles. The summed E-state index contributed by atoms with van der Waals surface area (Å²) in [5.41, 5.74) is 5.88. The van der Waals surface area contributed by atoms with E-state index in [2.05, 4.69) is 5.32 Å². The van der Waals surface area contributed by atoms with Crippen molar-refractivity contribution in [3.05, 3.63) is 0 Å². The van der Waals surface area contributed by atoms with E-state index in [1.165, 1.54) is 0 Å². The molecule has 0 aliphatic carbocycles. The summed E-state index contributed by atoms with van der Waals surface area (Å²) in [6.45, 7) is 7.20. The van der Waals surface area contributed by atoms with Gasteiger partial charge in [0.15, 0.2) is 0 Å². The second-order valence-electron chi connectivity index (χ2n) is 5.10. The molecule has 0 saturated carbocycles. The molecule has 0 radical (unpaired) electrons. The monoisotopic (exact) mass is 291 g/mol. The molecule has 3 unspecified atom stereocenters. The standard InChI is InChI=1S/C13H25N3O2.ClH/c1-4-9(3)12(14)13(18)15-10-6-7-16(8-10)11(17)5-2;/h9-10,12H,4-8,14H2,1-3H3,(H,15,18);1H. The Kier molecular flexibility index (Phi) is 8.02. The molecule has 5 nitrogen and oxygen atoms in total. The van der Waals surface area contributed by atoms with Crippen molar-refractivity contribution in [2.24, 2.45) is 11.7 Å². The average Bonchev–Trinajstić information content (AvgIpc) is 2.84. The van der Waals surface area contributed by atoms with E-state index < -0.39 is 6.04 Å². The van der Waals surface area contributed by atoms with Crippen LogP contribution in [0.15, 0.2) is 0 Å². The van der Waals surface area contributed by atoms with E-state index in [9.17, 15) is 9.59 Å². The molecule has 0 aromatic heterocycles. The Balaban J connectivity index is 0.00000324. The highest BCUT2D eigenvalue weighted by atomic mass is 35.5. The van der Waals surface area contributed by atoms with Gasteiger partial charge < -0.3 is 16.0 Å². The number of nitrogens with one attached hydrogen (secondary N) is 1. The van der Waals surface area contributed by atoms with Gasteiger partial charge in [-0.05, 0) is 12.3 Å². The Labute approximate surface area is 121 Å². The van der Waals surface area contributed by atoms with Gasteiger partial charge >= 0.3 is 0 Å². The molecule has 0 aromatic rings. The number of halogens is 1. The van der Waals surface area contributed by atoms with Crippen molar-refractivity contribution in [3.8, 4) is 0 Å². The minimum atomic E-state index is -0.453. The minimum absolute atomic E-state index is 0. The highest BCUT2D eigenvalue weighted by molar-refractivity contribution is 5.85. The molecule has 0 spiro atoms. The van der Waals surface area contributed by atoms with Crippen LogP contribution in [0.5, 0.6) is 0 Å². The first kappa shape index (κ1) is 18.2. The molecule has 1 saturated heterocycles. The van der Waals surface area contributed by atoms with Crippen molar-refractivity contribution >= 4 is 24.2 Å². The molecule has 6 heteroatoms. The second-order valence-corrected chi connectivity index (χ2v) is 5.10. The number of hydrogen-bond acceptors (Lipinski definition) is 3. The predicted molar refractivity (Wildman–Crippen MR) is 78.1 cm³/mol. The molecule has 3 atom stereocenters. The van der Waals surface area contributed by atoms with Gasteiger partial charge in [0, 0.05) is 25.6 Å². The third-order valence-corrected chi connectivity index (χ3v) is 3.75. The second kappa shape index (κ2) is 8.38. The van der Waals surface area contributed by atoms with Crippen molar-refractivity contribution in [1.29, 1.82) is 0 Å². The largest absolute Gasteiger partial charge is 0.350 e. The first-order valence-corrected chi connectivity index (χ1v) is 6.83. The van der Waals surface area contributed by atoms with Crippen LogP contribution in [0.25, 0.3) is 0 Å². The summed E-state index contributed by atoms with van der Waals surface area (Å²) in [5.74, 6) is 0.234. The lowest BCUT2D eigenvalue weighted by Crippen LogP contribution is -2.49. The molecule has 112 valence electrons. The van der Waals surface area contributed by atoms with Gasteiger partial charge in [-0.25, -0.2) is 0 Å². The number of nitrogens with zero attached hydrogens (tertiary/aromatic N) is 1. The molecule has 19 heavy (non-hydrogen) atoms. The molecule has 0 bridgehead atoms. The molecule has 3 N–H and O–H groups in total. The normalized spacial score (nSPS) is 21.5. The quantitative estimate of drug-likeness (QED) is 0.790. The first-order valence-electron chi connectivity index (χ1n) is 6.83. The zero-order valence-electron chi connectivity index (χ0n) is 12.0. The third kappa shape index (κ3) is 4.99. The number of hydrogen-bond donors (Lipinski definition) is 2. The third-order valence-electron chi connectivity index (χ3n) is 3.75. The van der Waals surface area contributed by atoms with Crippen LogP contribution in [0.1, 0.15) is 40.0 Å². The van der Waals surface area contributed by atoms with Gasteiger partial charge in [0.25, 0.3) is 0 Å². The summed E-state index contributed by atoms with van der Waals surface area (Å²) in [6.07, 6.45) is 2.23. The summed E-state index contributed by atoms with van der Waals surface area (Å²) in [5, 5.41) is 2.94. The van der Waals surface area contributed by atoms with E-state index in [0.29, 0.717) is 13.0 Å². The predicted octanol–water partition coefficient (Wildman–Crippen LogP) is 0.909. The summed E-state index contributed by atoms with van der Waals surface area (Å²) in [6, 6.07) is -0.394. The molecule has 2 amide bonds. The fraction of sp³-hybridized carbons (Fsp3) is 0.846. The van der Waals surface area contributed by atoms with Crippen LogP contribution in [0.2, 0.25) is 0 Å². The molecular formula is C13H26ClN3O2. The smallest absolute Gasteiger partial charge is 0.237 e. The molecule has 1 fully saturated rings. The van der Waals surface area contributed by atoms with Crippen molar-refractivity contribution in [1.82, 2.24) is 10.2 Å². The molecule has 1 aliphatic rings. The van der Waals surface area contributed by atoms with Crippen LogP contribution in [0.4, 0.5) is 0 Å². The zero-order chi connectivity index (χ0) is 13.7. The van der Waals surface area contributed by atoms with Crippen LogP contribution in [-0.4, -0.2) is 41.9 Å². The van der Waals surface area contributed by atoms with Crippen LogP contribution < -0.4 is 11.1 Å². The lowest BCUT2D eigenvalue weighted by molar-refractivity contribution is -0.130. The molecule has 1 heterocycles. The van der Waals surface area contributed by atoms with Gasteiger partial charge in [0.2, 0.25) is 11.8 Å². The van der Waals surface area contributed by atoms with Crippen LogP contribution >= 0.6 is 12.4 Å². The number of likely N-dealkylation sites (tertiary alicyclic amines) is 1. The number of amides is 2. The molecule has 1 rings (SSSR count). The number of carbonyl (C=O) groups excluding carboxylic acids is 2. The Morgan fingerprint density at radius 3 is 2.58 bits per heavy atom.